The highest BCUT2D eigenvalue weighted by atomic mass is 16.6. The standard InChI is InChI=1S/C21H24N8O3/c1-32-18-6-4-17(5-7-18)26-12-14-28(15-13-26)21-19(29(30)31)20(24-16-25-21)27(10-2-8-22)11-3-9-23/h4-7,16H,2-3,10-15H2,1H3. The van der Waals surface area contributed by atoms with Crippen LogP contribution in [0.1, 0.15) is 12.8 Å². The lowest BCUT2D eigenvalue weighted by Gasteiger charge is -2.36. The third-order valence-electron chi connectivity index (χ3n) is 5.27. The van der Waals surface area contributed by atoms with Crippen molar-refractivity contribution in [3.63, 3.8) is 0 Å². The number of benzene rings is 1. The van der Waals surface area contributed by atoms with Crippen LogP contribution in [0.25, 0.3) is 0 Å². The first kappa shape index (κ1) is 22.6. The fourth-order valence-corrected chi connectivity index (χ4v) is 3.65. The van der Waals surface area contributed by atoms with Gasteiger partial charge in [0.2, 0.25) is 11.6 Å². The van der Waals surface area contributed by atoms with Gasteiger partial charge in [-0.15, -0.1) is 0 Å². The second-order valence-electron chi connectivity index (χ2n) is 7.10. The topological polar surface area (TPSA) is 135 Å². The number of piperazine rings is 1. The summed E-state index contributed by atoms with van der Waals surface area (Å²) in [6, 6.07) is 11.9. The number of hydrogen-bond donors (Lipinski definition) is 0. The third-order valence-corrected chi connectivity index (χ3v) is 5.27. The molecule has 2 heterocycles. The molecular weight excluding hydrogens is 412 g/mol. The maximum atomic E-state index is 12.0. The number of rotatable bonds is 9. The van der Waals surface area contributed by atoms with E-state index in [4.69, 9.17) is 15.3 Å². The predicted molar refractivity (Wildman–Crippen MR) is 119 cm³/mol. The van der Waals surface area contributed by atoms with Crippen molar-refractivity contribution in [1.29, 1.82) is 10.5 Å². The van der Waals surface area contributed by atoms with Gasteiger partial charge in [-0.3, -0.25) is 10.1 Å². The molecule has 0 amide bonds. The van der Waals surface area contributed by atoms with Gasteiger partial charge in [-0.05, 0) is 24.3 Å². The summed E-state index contributed by atoms with van der Waals surface area (Å²) in [5.74, 6) is 1.19. The Kier molecular flexibility index (Phi) is 7.60. The van der Waals surface area contributed by atoms with Crippen LogP contribution in [0.5, 0.6) is 5.75 Å². The lowest BCUT2D eigenvalue weighted by Crippen LogP contribution is -2.47. The van der Waals surface area contributed by atoms with Gasteiger partial charge in [-0.25, -0.2) is 9.97 Å². The summed E-state index contributed by atoms with van der Waals surface area (Å²) in [7, 11) is 1.62. The van der Waals surface area contributed by atoms with Gasteiger partial charge in [0, 0.05) is 45.0 Å². The van der Waals surface area contributed by atoms with Crippen molar-refractivity contribution in [3.8, 4) is 17.9 Å². The summed E-state index contributed by atoms with van der Waals surface area (Å²) in [6.07, 6.45) is 1.64. The van der Waals surface area contributed by atoms with Crippen LogP contribution in [0.15, 0.2) is 30.6 Å². The minimum atomic E-state index is -0.480. The summed E-state index contributed by atoms with van der Waals surface area (Å²) in [5, 5.41) is 29.9. The van der Waals surface area contributed by atoms with Crippen LogP contribution >= 0.6 is 0 Å². The van der Waals surface area contributed by atoms with Gasteiger partial charge in [0.1, 0.15) is 12.1 Å². The summed E-state index contributed by atoms with van der Waals surface area (Å²) < 4.78 is 5.20. The van der Waals surface area contributed by atoms with Crippen molar-refractivity contribution < 1.29 is 9.66 Å². The van der Waals surface area contributed by atoms with E-state index in [0.29, 0.717) is 26.2 Å². The predicted octanol–water partition coefficient (Wildman–Crippen LogP) is 2.35. The Bertz CT molecular complexity index is 989. The van der Waals surface area contributed by atoms with E-state index in [0.717, 1.165) is 11.4 Å². The van der Waals surface area contributed by atoms with E-state index in [9.17, 15) is 10.1 Å². The molecule has 1 aliphatic heterocycles. The molecule has 0 spiro atoms. The largest absolute Gasteiger partial charge is 0.497 e. The number of aromatic nitrogens is 2. The number of ether oxygens (including phenoxy) is 1. The molecule has 32 heavy (non-hydrogen) atoms. The molecule has 0 aliphatic carbocycles. The molecule has 1 saturated heterocycles. The Morgan fingerprint density at radius 1 is 1.06 bits per heavy atom. The van der Waals surface area contributed by atoms with E-state index in [1.54, 1.807) is 12.0 Å². The summed E-state index contributed by atoms with van der Waals surface area (Å²) in [6.45, 7) is 2.96. The summed E-state index contributed by atoms with van der Waals surface area (Å²) in [5.41, 5.74) is 0.865. The molecule has 2 aromatic rings. The Labute approximate surface area is 186 Å². The zero-order valence-electron chi connectivity index (χ0n) is 17.8. The SMILES string of the molecule is COc1ccc(N2CCN(c3ncnc(N(CCC#N)CCC#N)c3[N+](=O)[O-])CC2)cc1. The van der Waals surface area contributed by atoms with Crippen LogP contribution in [0, 0.1) is 32.8 Å². The fourth-order valence-electron chi connectivity index (χ4n) is 3.65. The molecule has 11 nitrogen and oxygen atoms in total. The molecule has 0 saturated carbocycles. The fraction of sp³-hybridized carbons (Fsp3) is 0.429. The van der Waals surface area contributed by atoms with Crippen molar-refractivity contribution in [2.45, 2.75) is 12.8 Å². The molecule has 1 aliphatic rings. The lowest BCUT2D eigenvalue weighted by atomic mass is 10.2. The molecule has 3 rings (SSSR count). The number of anilines is 3. The van der Waals surface area contributed by atoms with Crippen molar-refractivity contribution in [3.05, 3.63) is 40.7 Å². The first-order chi connectivity index (χ1) is 15.6. The molecule has 0 unspecified atom stereocenters. The average molecular weight is 436 g/mol. The van der Waals surface area contributed by atoms with E-state index in [-0.39, 0.29) is 43.3 Å². The Morgan fingerprint density at radius 3 is 2.19 bits per heavy atom. The van der Waals surface area contributed by atoms with Crippen molar-refractivity contribution in [2.75, 3.05) is 61.1 Å². The molecule has 11 heteroatoms. The van der Waals surface area contributed by atoms with E-state index >= 15 is 0 Å². The van der Waals surface area contributed by atoms with E-state index in [1.807, 2.05) is 41.3 Å². The van der Waals surface area contributed by atoms with Crippen molar-refractivity contribution in [2.24, 2.45) is 0 Å². The summed E-state index contributed by atoms with van der Waals surface area (Å²) in [4.78, 5) is 25.6. The maximum Gasteiger partial charge on any atom is 0.353 e. The van der Waals surface area contributed by atoms with Crippen LogP contribution < -0.4 is 19.4 Å². The monoisotopic (exact) mass is 436 g/mol. The molecule has 0 bridgehead atoms. The van der Waals surface area contributed by atoms with Crippen LogP contribution in [0.3, 0.4) is 0 Å². The van der Waals surface area contributed by atoms with Gasteiger partial charge in [0.15, 0.2) is 0 Å². The molecule has 166 valence electrons. The zero-order valence-corrected chi connectivity index (χ0v) is 17.8. The smallest absolute Gasteiger partial charge is 0.353 e. The highest BCUT2D eigenvalue weighted by molar-refractivity contribution is 5.71. The molecule has 1 aromatic carbocycles. The Hall–Kier alpha value is -4.12. The third kappa shape index (κ3) is 5.13. The zero-order chi connectivity index (χ0) is 22.9. The minimum Gasteiger partial charge on any atom is -0.497 e. The molecule has 0 N–H and O–H groups in total. The van der Waals surface area contributed by atoms with Gasteiger partial charge < -0.3 is 19.4 Å². The highest BCUT2D eigenvalue weighted by Crippen LogP contribution is 2.35. The van der Waals surface area contributed by atoms with Gasteiger partial charge >= 0.3 is 5.69 Å². The Morgan fingerprint density at radius 2 is 1.66 bits per heavy atom. The second kappa shape index (κ2) is 10.8. The van der Waals surface area contributed by atoms with E-state index in [1.165, 1.54) is 6.33 Å². The highest BCUT2D eigenvalue weighted by Gasteiger charge is 2.31. The van der Waals surface area contributed by atoms with Crippen LogP contribution in [-0.4, -0.2) is 61.3 Å². The van der Waals surface area contributed by atoms with E-state index < -0.39 is 4.92 Å². The number of methoxy groups -OCH3 is 1. The van der Waals surface area contributed by atoms with Gasteiger partial charge in [0.05, 0.1) is 37.0 Å². The molecule has 1 fully saturated rings. The first-order valence-corrected chi connectivity index (χ1v) is 10.2. The molecule has 0 atom stereocenters. The lowest BCUT2D eigenvalue weighted by molar-refractivity contribution is -0.383. The van der Waals surface area contributed by atoms with Crippen LogP contribution in [-0.2, 0) is 0 Å². The Balaban J connectivity index is 1.82. The van der Waals surface area contributed by atoms with Crippen LogP contribution in [0.2, 0.25) is 0 Å². The number of nitriles is 2. The minimum absolute atomic E-state index is 0.142. The number of nitrogens with zero attached hydrogens (tertiary/aromatic N) is 8. The second-order valence-corrected chi connectivity index (χ2v) is 7.10. The van der Waals surface area contributed by atoms with Crippen molar-refractivity contribution in [1.82, 2.24) is 9.97 Å². The average Bonchev–Trinajstić information content (AvgIpc) is 2.84. The number of hydrogen-bond acceptors (Lipinski definition) is 10. The van der Waals surface area contributed by atoms with Gasteiger partial charge in [0.25, 0.3) is 0 Å². The molecule has 0 radical (unpaired) electrons. The summed E-state index contributed by atoms with van der Waals surface area (Å²) >= 11 is 0. The molecule has 1 aromatic heterocycles. The van der Waals surface area contributed by atoms with Crippen molar-refractivity contribution >= 4 is 23.0 Å². The normalized spacial score (nSPS) is 13.2. The first-order valence-electron chi connectivity index (χ1n) is 10.2. The quantitative estimate of drug-likeness (QED) is 0.425. The van der Waals surface area contributed by atoms with Gasteiger partial charge in [-0.1, -0.05) is 0 Å². The number of nitro groups is 1. The maximum absolute atomic E-state index is 12.0. The van der Waals surface area contributed by atoms with E-state index in [2.05, 4.69) is 14.9 Å². The van der Waals surface area contributed by atoms with Crippen LogP contribution in [0.4, 0.5) is 23.0 Å². The molecular formula is C21H24N8O3. The van der Waals surface area contributed by atoms with Gasteiger partial charge in [-0.2, -0.15) is 10.5 Å².